The molecule has 96 valence electrons. The van der Waals surface area contributed by atoms with Gasteiger partial charge < -0.3 is 5.32 Å². The minimum atomic E-state index is 0.701. The fourth-order valence-corrected chi connectivity index (χ4v) is 4.36. The van der Waals surface area contributed by atoms with Crippen LogP contribution in [-0.4, -0.2) is 24.1 Å². The van der Waals surface area contributed by atoms with Crippen LogP contribution in [0.2, 0.25) is 0 Å². The molecule has 1 rings (SSSR count). The molecular weight excluding hydrogens is 214 g/mol. The lowest BCUT2D eigenvalue weighted by Gasteiger charge is -2.29. The Morgan fingerprint density at radius 3 is 2.69 bits per heavy atom. The second-order valence-electron chi connectivity index (χ2n) is 5.51. The van der Waals surface area contributed by atoms with Crippen molar-refractivity contribution in [3.8, 4) is 0 Å². The van der Waals surface area contributed by atoms with E-state index in [1.165, 1.54) is 37.9 Å². The van der Waals surface area contributed by atoms with Crippen molar-refractivity contribution in [3.63, 3.8) is 0 Å². The third-order valence-electron chi connectivity index (χ3n) is 4.10. The quantitative estimate of drug-likeness (QED) is 0.758. The van der Waals surface area contributed by atoms with Crippen molar-refractivity contribution < 1.29 is 0 Å². The molecule has 1 nitrogen and oxygen atoms in total. The summed E-state index contributed by atoms with van der Waals surface area (Å²) in [6, 6.07) is 0.701. The smallest absolute Gasteiger partial charge is 0.0180 e. The average Bonchev–Trinajstić information content (AvgIpc) is 2.29. The Bertz CT molecular complexity index is 184. The summed E-state index contributed by atoms with van der Waals surface area (Å²) in [5, 5.41) is 4.42. The zero-order valence-electron chi connectivity index (χ0n) is 11.5. The molecule has 1 aliphatic carbocycles. The molecule has 0 aromatic rings. The van der Waals surface area contributed by atoms with Gasteiger partial charge in [0.15, 0.2) is 0 Å². The molecule has 1 aliphatic rings. The van der Waals surface area contributed by atoms with Crippen molar-refractivity contribution in [2.45, 2.75) is 64.2 Å². The number of hydrogen-bond donors (Lipinski definition) is 1. The maximum atomic E-state index is 3.48. The number of rotatable bonds is 6. The van der Waals surface area contributed by atoms with Gasteiger partial charge in [0.1, 0.15) is 0 Å². The van der Waals surface area contributed by atoms with Gasteiger partial charge in [0, 0.05) is 17.0 Å². The highest BCUT2D eigenvalue weighted by atomic mass is 32.2. The summed E-state index contributed by atoms with van der Waals surface area (Å²) < 4.78 is 0. The molecule has 1 fully saturated rings. The van der Waals surface area contributed by atoms with Crippen molar-refractivity contribution in [3.05, 3.63) is 0 Å². The molecule has 2 heteroatoms. The van der Waals surface area contributed by atoms with Crippen LogP contribution in [0.15, 0.2) is 0 Å². The zero-order chi connectivity index (χ0) is 12.0. The third kappa shape index (κ3) is 4.67. The molecule has 4 atom stereocenters. The van der Waals surface area contributed by atoms with Crippen molar-refractivity contribution in [1.29, 1.82) is 0 Å². The molecule has 0 heterocycles. The first-order chi connectivity index (χ1) is 7.67. The first kappa shape index (κ1) is 14.4. The van der Waals surface area contributed by atoms with E-state index in [1.807, 2.05) is 0 Å². The Hall–Kier alpha value is 0.310. The molecule has 0 aromatic heterocycles. The maximum Gasteiger partial charge on any atom is 0.0180 e. The largest absolute Gasteiger partial charge is 0.316 e. The van der Waals surface area contributed by atoms with Gasteiger partial charge in [0.05, 0.1) is 0 Å². The minimum absolute atomic E-state index is 0.701. The van der Waals surface area contributed by atoms with Crippen molar-refractivity contribution >= 4 is 11.8 Å². The van der Waals surface area contributed by atoms with Gasteiger partial charge in [-0.3, -0.25) is 0 Å². The van der Waals surface area contributed by atoms with Crippen LogP contribution in [0.1, 0.15) is 52.9 Å². The van der Waals surface area contributed by atoms with Crippen molar-refractivity contribution in [2.75, 3.05) is 12.8 Å². The second kappa shape index (κ2) is 7.60. The van der Waals surface area contributed by atoms with E-state index in [0.717, 1.165) is 17.1 Å². The molecule has 0 aromatic carbocycles. The summed E-state index contributed by atoms with van der Waals surface area (Å²) in [6.07, 6.45) is 7.09. The standard InChI is InChI=1S/C14H29NS/c1-5-12(3)14(15-4)10-16-13-8-6-7-11(2)9-13/h11-15H,5-10H2,1-4H3. The predicted molar refractivity (Wildman–Crippen MR) is 76.2 cm³/mol. The Morgan fingerprint density at radius 2 is 2.12 bits per heavy atom. The second-order valence-corrected chi connectivity index (χ2v) is 6.84. The number of thioether (sulfide) groups is 1. The van der Waals surface area contributed by atoms with E-state index in [9.17, 15) is 0 Å². The molecule has 0 radical (unpaired) electrons. The van der Waals surface area contributed by atoms with Gasteiger partial charge in [-0.15, -0.1) is 0 Å². The SMILES string of the molecule is CCC(C)C(CSC1CCCC(C)C1)NC. The highest BCUT2D eigenvalue weighted by Gasteiger charge is 2.21. The van der Waals surface area contributed by atoms with Gasteiger partial charge in [0.2, 0.25) is 0 Å². The van der Waals surface area contributed by atoms with Gasteiger partial charge in [-0.25, -0.2) is 0 Å². The fraction of sp³-hybridized carbons (Fsp3) is 1.00. The first-order valence-electron chi connectivity index (χ1n) is 6.96. The minimum Gasteiger partial charge on any atom is -0.316 e. The van der Waals surface area contributed by atoms with E-state index >= 15 is 0 Å². The average molecular weight is 243 g/mol. The van der Waals surface area contributed by atoms with Crippen molar-refractivity contribution in [1.82, 2.24) is 5.32 Å². The van der Waals surface area contributed by atoms with Crippen LogP contribution in [-0.2, 0) is 0 Å². The molecule has 4 unspecified atom stereocenters. The van der Waals surface area contributed by atoms with E-state index in [4.69, 9.17) is 0 Å². The molecule has 0 spiro atoms. The third-order valence-corrected chi connectivity index (χ3v) is 5.55. The zero-order valence-corrected chi connectivity index (χ0v) is 12.3. The fourth-order valence-electron chi connectivity index (χ4n) is 2.59. The van der Waals surface area contributed by atoms with Gasteiger partial charge in [-0.05, 0) is 31.7 Å². The first-order valence-corrected chi connectivity index (χ1v) is 8.01. The number of hydrogen-bond acceptors (Lipinski definition) is 2. The van der Waals surface area contributed by atoms with E-state index in [1.54, 1.807) is 0 Å². The molecule has 16 heavy (non-hydrogen) atoms. The summed E-state index contributed by atoms with van der Waals surface area (Å²) in [7, 11) is 2.11. The van der Waals surface area contributed by atoms with E-state index in [0.29, 0.717) is 6.04 Å². The maximum absolute atomic E-state index is 3.48. The van der Waals surface area contributed by atoms with Crippen LogP contribution in [0, 0.1) is 11.8 Å². The summed E-state index contributed by atoms with van der Waals surface area (Å²) >= 11 is 2.22. The Balaban J connectivity index is 2.26. The van der Waals surface area contributed by atoms with Crippen LogP contribution in [0.5, 0.6) is 0 Å². The Kier molecular flexibility index (Phi) is 6.83. The highest BCUT2D eigenvalue weighted by molar-refractivity contribution is 7.99. The van der Waals surface area contributed by atoms with Crippen molar-refractivity contribution in [2.24, 2.45) is 11.8 Å². The van der Waals surface area contributed by atoms with E-state index < -0.39 is 0 Å². The molecule has 0 amide bonds. The summed E-state index contributed by atoms with van der Waals surface area (Å²) in [5.74, 6) is 3.06. The molecule has 1 saturated carbocycles. The van der Waals surface area contributed by atoms with Crippen LogP contribution in [0.25, 0.3) is 0 Å². The lowest BCUT2D eigenvalue weighted by atomic mass is 9.91. The van der Waals surface area contributed by atoms with Crippen LogP contribution in [0.4, 0.5) is 0 Å². The Labute approximate surface area is 106 Å². The van der Waals surface area contributed by atoms with Crippen LogP contribution < -0.4 is 5.32 Å². The summed E-state index contributed by atoms with van der Waals surface area (Å²) in [4.78, 5) is 0. The topological polar surface area (TPSA) is 12.0 Å². The summed E-state index contributed by atoms with van der Waals surface area (Å²) in [5.41, 5.74) is 0. The molecule has 0 saturated heterocycles. The summed E-state index contributed by atoms with van der Waals surface area (Å²) in [6.45, 7) is 7.07. The van der Waals surface area contributed by atoms with Gasteiger partial charge in [-0.1, -0.05) is 40.0 Å². The molecular formula is C14H29NS. The lowest BCUT2D eigenvalue weighted by Crippen LogP contribution is -2.35. The van der Waals surface area contributed by atoms with Crippen LogP contribution in [0.3, 0.4) is 0 Å². The van der Waals surface area contributed by atoms with Gasteiger partial charge in [0.25, 0.3) is 0 Å². The van der Waals surface area contributed by atoms with Gasteiger partial charge in [-0.2, -0.15) is 11.8 Å². The number of nitrogens with one attached hydrogen (secondary N) is 1. The molecule has 1 N–H and O–H groups in total. The van der Waals surface area contributed by atoms with Crippen LogP contribution >= 0.6 is 11.8 Å². The molecule has 0 bridgehead atoms. The molecule has 0 aliphatic heterocycles. The predicted octanol–water partition coefficient (Wildman–Crippen LogP) is 3.93. The van der Waals surface area contributed by atoms with E-state index in [2.05, 4.69) is 44.9 Å². The Morgan fingerprint density at radius 1 is 1.38 bits per heavy atom. The van der Waals surface area contributed by atoms with E-state index in [-0.39, 0.29) is 0 Å². The monoisotopic (exact) mass is 243 g/mol. The van der Waals surface area contributed by atoms with Gasteiger partial charge >= 0.3 is 0 Å². The normalized spacial score (nSPS) is 30.0. The highest BCUT2D eigenvalue weighted by Crippen LogP contribution is 2.32. The lowest BCUT2D eigenvalue weighted by molar-refractivity contribution is 0.391.